The molecule has 21 heavy (non-hydrogen) atoms. The molecule has 0 radical (unpaired) electrons. The van der Waals surface area contributed by atoms with E-state index in [4.69, 9.17) is 9.15 Å². The molecule has 0 spiro atoms. The van der Waals surface area contributed by atoms with Gasteiger partial charge in [0.05, 0.1) is 6.61 Å². The molecular weight excluding hydrogens is 273 g/mol. The third kappa shape index (κ3) is 4.95. The molecule has 1 aromatic heterocycles. The number of carbonyl (C=O) groups is 1. The number of hydrogen-bond acceptors (Lipinski definition) is 3. The maximum Gasteiger partial charge on any atom is 0.286 e. The Morgan fingerprint density at radius 2 is 1.95 bits per heavy atom. The lowest BCUT2D eigenvalue weighted by atomic mass is 10.3. The number of halogens is 1. The van der Waals surface area contributed by atoms with Gasteiger partial charge < -0.3 is 14.5 Å². The van der Waals surface area contributed by atoms with E-state index in [-0.39, 0.29) is 11.7 Å². The van der Waals surface area contributed by atoms with Crippen molar-refractivity contribution < 1.29 is 18.3 Å². The zero-order valence-electron chi connectivity index (χ0n) is 11.9. The van der Waals surface area contributed by atoms with Crippen LogP contribution in [-0.4, -0.2) is 19.1 Å². The van der Waals surface area contributed by atoms with E-state index >= 15 is 0 Å². The second kappa shape index (κ2) is 7.47. The van der Waals surface area contributed by atoms with Gasteiger partial charge in [0.15, 0.2) is 5.76 Å². The van der Waals surface area contributed by atoms with Crippen LogP contribution in [0.25, 0.3) is 0 Å². The third-order valence-corrected chi connectivity index (χ3v) is 2.90. The molecule has 1 aromatic carbocycles. The van der Waals surface area contributed by atoms with Crippen LogP contribution in [0.5, 0.6) is 5.75 Å². The van der Waals surface area contributed by atoms with Crippen molar-refractivity contribution in [1.82, 2.24) is 5.32 Å². The van der Waals surface area contributed by atoms with Gasteiger partial charge in [0.2, 0.25) is 0 Å². The molecule has 0 aliphatic rings. The van der Waals surface area contributed by atoms with Gasteiger partial charge in [-0.2, -0.15) is 0 Å². The van der Waals surface area contributed by atoms with Gasteiger partial charge in [-0.25, -0.2) is 4.39 Å². The van der Waals surface area contributed by atoms with Crippen LogP contribution in [0.4, 0.5) is 4.39 Å². The van der Waals surface area contributed by atoms with Gasteiger partial charge in [-0.15, -0.1) is 0 Å². The van der Waals surface area contributed by atoms with Crippen LogP contribution in [0.2, 0.25) is 0 Å². The molecule has 5 heteroatoms. The zero-order valence-corrected chi connectivity index (χ0v) is 11.9. The van der Waals surface area contributed by atoms with Crippen LogP contribution < -0.4 is 10.1 Å². The van der Waals surface area contributed by atoms with E-state index in [1.807, 2.05) is 0 Å². The second-order valence-electron chi connectivity index (χ2n) is 4.68. The lowest BCUT2D eigenvalue weighted by molar-refractivity contribution is 0.0923. The highest BCUT2D eigenvalue weighted by atomic mass is 19.1. The van der Waals surface area contributed by atoms with E-state index in [9.17, 15) is 9.18 Å². The maximum atomic E-state index is 12.7. The average Bonchev–Trinajstić information content (AvgIpc) is 2.91. The number of carbonyl (C=O) groups excluding carboxylic acids is 1. The number of benzene rings is 1. The van der Waals surface area contributed by atoms with E-state index < -0.39 is 0 Å². The van der Waals surface area contributed by atoms with Crippen LogP contribution in [0, 0.1) is 12.7 Å². The highest BCUT2D eigenvalue weighted by Gasteiger charge is 2.08. The largest absolute Gasteiger partial charge is 0.494 e. The van der Waals surface area contributed by atoms with E-state index in [0.717, 1.165) is 12.8 Å². The van der Waals surface area contributed by atoms with Gasteiger partial charge in [0, 0.05) is 6.54 Å². The number of unbranched alkanes of at least 4 members (excludes halogenated alkanes) is 1. The fraction of sp³-hybridized carbons (Fsp3) is 0.312. The number of rotatable bonds is 7. The van der Waals surface area contributed by atoms with Gasteiger partial charge in [-0.3, -0.25) is 4.79 Å². The molecule has 0 aliphatic carbocycles. The first-order valence-corrected chi connectivity index (χ1v) is 6.88. The van der Waals surface area contributed by atoms with Crippen molar-refractivity contribution >= 4 is 5.91 Å². The molecule has 112 valence electrons. The molecule has 0 bridgehead atoms. The summed E-state index contributed by atoms with van der Waals surface area (Å²) in [5, 5.41) is 2.78. The topological polar surface area (TPSA) is 51.5 Å². The molecule has 0 fully saturated rings. The van der Waals surface area contributed by atoms with Gasteiger partial charge in [0.1, 0.15) is 17.3 Å². The molecule has 0 unspecified atom stereocenters. The summed E-state index contributed by atoms with van der Waals surface area (Å²) in [6.45, 7) is 2.89. The average molecular weight is 291 g/mol. The predicted molar refractivity (Wildman–Crippen MR) is 76.9 cm³/mol. The number of nitrogens with one attached hydrogen (secondary N) is 1. The Hall–Kier alpha value is -2.30. The summed E-state index contributed by atoms with van der Waals surface area (Å²) >= 11 is 0. The molecule has 0 atom stereocenters. The Morgan fingerprint density at radius 3 is 2.62 bits per heavy atom. The second-order valence-corrected chi connectivity index (χ2v) is 4.68. The zero-order chi connectivity index (χ0) is 15.1. The van der Waals surface area contributed by atoms with Crippen LogP contribution in [0.3, 0.4) is 0 Å². The van der Waals surface area contributed by atoms with Crippen molar-refractivity contribution in [2.45, 2.75) is 19.8 Å². The molecular formula is C16H18FNO3. The van der Waals surface area contributed by atoms with Crippen LogP contribution in [0.15, 0.2) is 40.8 Å². The quantitative estimate of drug-likeness (QED) is 0.796. The lowest BCUT2D eigenvalue weighted by Crippen LogP contribution is -2.24. The Morgan fingerprint density at radius 1 is 1.19 bits per heavy atom. The van der Waals surface area contributed by atoms with Crippen molar-refractivity contribution in [2.75, 3.05) is 13.2 Å². The first-order chi connectivity index (χ1) is 10.1. The fourth-order valence-electron chi connectivity index (χ4n) is 1.79. The third-order valence-electron chi connectivity index (χ3n) is 2.90. The lowest BCUT2D eigenvalue weighted by Gasteiger charge is -2.06. The highest BCUT2D eigenvalue weighted by Crippen LogP contribution is 2.11. The number of furan rings is 1. The first kappa shape index (κ1) is 15.1. The SMILES string of the molecule is Cc1ccc(C(=O)NCCCCOc2ccc(F)cc2)o1. The Bertz CT molecular complexity index is 577. The van der Waals surface area contributed by atoms with Crippen molar-refractivity contribution in [1.29, 1.82) is 0 Å². The van der Waals surface area contributed by atoms with Gasteiger partial charge in [-0.05, 0) is 56.2 Å². The summed E-state index contributed by atoms with van der Waals surface area (Å²) in [5.41, 5.74) is 0. The predicted octanol–water partition coefficient (Wildman–Crippen LogP) is 3.32. The molecule has 2 aromatic rings. The van der Waals surface area contributed by atoms with Crippen molar-refractivity contribution in [3.8, 4) is 5.75 Å². The maximum absolute atomic E-state index is 12.7. The van der Waals surface area contributed by atoms with Crippen molar-refractivity contribution in [2.24, 2.45) is 0 Å². The molecule has 4 nitrogen and oxygen atoms in total. The smallest absolute Gasteiger partial charge is 0.286 e. The van der Waals surface area contributed by atoms with Gasteiger partial charge >= 0.3 is 0 Å². The number of aryl methyl sites for hydroxylation is 1. The van der Waals surface area contributed by atoms with E-state index in [1.54, 1.807) is 31.2 Å². The monoisotopic (exact) mass is 291 g/mol. The Balaban J connectivity index is 1.58. The number of amides is 1. The summed E-state index contributed by atoms with van der Waals surface area (Å²) in [6.07, 6.45) is 1.60. The van der Waals surface area contributed by atoms with Crippen LogP contribution >= 0.6 is 0 Å². The highest BCUT2D eigenvalue weighted by molar-refractivity contribution is 5.91. The van der Waals surface area contributed by atoms with Crippen LogP contribution in [0.1, 0.15) is 29.2 Å². The molecule has 0 saturated carbocycles. The molecule has 1 N–H and O–H groups in total. The van der Waals surface area contributed by atoms with Crippen LogP contribution in [-0.2, 0) is 0 Å². The molecule has 0 saturated heterocycles. The standard InChI is InChI=1S/C16H18FNO3/c1-12-4-9-15(21-12)16(19)18-10-2-3-11-20-14-7-5-13(17)6-8-14/h4-9H,2-3,10-11H2,1H3,(H,18,19). The molecule has 2 rings (SSSR count). The number of ether oxygens (including phenoxy) is 1. The van der Waals surface area contributed by atoms with E-state index in [1.165, 1.54) is 12.1 Å². The Kier molecular flexibility index (Phi) is 5.37. The summed E-state index contributed by atoms with van der Waals surface area (Å²) in [5.74, 6) is 1.20. The molecule has 0 aliphatic heterocycles. The van der Waals surface area contributed by atoms with E-state index in [0.29, 0.717) is 30.4 Å². The summed E-state index contributed by atoms with van der Waals surface area (Å²) in [7, 11) is 0. The summed E-state index contributed by atoms with van der Waals surface area (Å²) in [4.78, 5) is 11.7. The molecule has 1 heterocycles. The minimum absolute atomic E-state index is 0.206. The van der Waals surface area contributed by atoms with E-state index in [2.05, 4.69) is 5.32 Å². The summed E-state index contributed by atoms with van der Waals surface area (Å²) < 4.78 is 23.4. The minimum atomic E-state index is -0.279. The number of hydrogen-bond donors (Lipinski definition) is 1. The molecule has 1 amide bonds. The normalized spacial score (nSPS) is 10.4. The first-order valence-electron chi connectivity index (χ1n) is 6.88. The fourth-order valence-corrected chi connectivity index (χ4v) is 1.79. The summed E-state index contributed by atoms with van der Waals surface area (Å²) in [6, 6.07) is 9.32. The van der Waals surface area contributed by atoms with Crippen molar-refractivity contribution in [3.05, 3.63) is 53.7 Å². The Labute approximate surface area is 122 Å². The minimum Gasteiger partial charge on any atom is -0.494 e. The van der Waals surface area contributed by atoms with Gasteiger partial charge in [-0.1, -0.05) is 0 Å². The van der Waals surface area contributed by atoms with Crippen molar-refractivity contribution in [3.63, 3.8) is 0 Å². The van der Waals surface area contributed by atoms with Gasteiger partial charge in [0.25, 0.3) is 5.91 Å².